The molecule has 0 radical (unpaired) electrons. The fourth-order valence-electron chi connectivity index (χ4n) is 2.01. The molecular weight excluding hydrogens is 277 g/mol. The molecule has 0 bridgehead atoms. The number of hydrogen-bond acceptors (Lipinski definition) is 3. The average Bonchev–Trinajstić information content (AvgIpc) is 2.66. The van der Waals surface area contributed by atoms with Crippen molar-refractivity contribution in [2.24, 2.45) is 0 Å². The summed E-state index contributed by atoms with van der Waals surface area (Å²) in [7, 11) is 0. The van der Waals surface area contributed by atoms with E-state index in [-0.39, 0.29) is 6.54 Å². The smallest absolute Gasteiger partial charge is 0.325 e. The van der Waals surface area contributed by atoms with E-state index in [0.717, 1.165) is 4.90 Å². The van der Waals surface area contributed by atoms with Gasteiger partial charge in [0.2, 0.25) is 5.91 Å². The van der Waals surface area contributed by atoms with Gasteiger partial charge < -0.3 is 10.6 Å². The van der Waals surface area contributed by atoms with Gasteiger partial charge in [0, 0.05) is 5.69 Å². The van der Waals surface area contributed by atoms with Crippen LogP contribution >= 0.6 is 0 Å². The number of nitrogens with one attached hydrogen (secondary N) is 2. The van der Waals surface area contributed by atoms with Gasteiger partial charge in [0.1, 0.15) is 17.9 Å². The zero-order valence-corrected chi connectivity index (χ0v) is 11.8. The summed E-state index contributed by atoms with van der Waals surface area (Å²) in [4.78, 5) is 36.6. The molecule has 2 rings (SSSR count). The first kappa shape index (κ1) is 15.0. The Hall–Kier alpha value is -2.44. The SMILES string of the molecule is CC[C@@]1(C)NC(=O)N(CC(=O)Nc2ccc(F)cc2)C1=O. The molecule has 1 fully saturated rings. The molecule has 1 aliphatic heterocycles. The van der Waals surface area contributed by atoms with Gasteiger partial charge in [-0.3, -0.25) is 14.5 Å². The molecule has 21 heavy (non-hydrogen) atoms. The third-order valence-electron chi connectivity index (χ3n) is 3.48. The van der Waals surface area contributed by atoms with E-state index < -0.39 is 29.2 Å². The zero-order chi connectivity index (χ0) is 15.6. The van der Waals surface area contributed by atoms with Gasteiger partial charge in [-0.15, -0.1) is 0 Å². The second-order valence-electron chi connectivity index (χ2n) is 5.06. The second-order valence-corrected chi connectivity index (χ2v) is 5.06. The quantitative estimate of drug-likeness (QED) is 0.825. The van der Waals surface area contributed by atoms with Gasteiger partial charge in [0.25, 0.3) is 5.91 Å². The van der Waals surface area contributed by atoms with Gasteiger partial charge in [0.15, 0.2) is 0 Å². The zero-order valence-electron chi connectivity index (χ0n) is 11.8. The molecule has 0 saturated carbocycles. The Morgan fingerprint density at radius 2 is 1.95 bits per heavy atom. The molecule has 1 aliphatic rings. The van der Waals surface area contributed by atoms with Crippen LogP contribution in [-0.2, 0) is 9.59 Å². The summed E-state index contributed by atoms with van der Waals surface area (Å²) in [5.74, 6) is -1.37. The number of nitrogens with zero attached hydrogens (tertiary/aromatic N) is 1. The summed E-state index contributed by atoms with van der Waals surface area (Å²) >= 11 is 0. The lowest BCUT2D eigenvalue weighted by Gasteiger charge is -2.19. The van der Waals surface area contributed by atoms with E-state index in [1.807, 2.05) is 0 Å². The van der Waals surface area contributed by atoms with Crippen LogP contribution in [0.2, 0.25) is 0 Å². The fourth-order valence-corrected chi connectivity index (χ4v) is 2.01. The lowest BCUT2D eigenvalue weighted by Crippen LogP contribution is -2.44. The standard InChI is InChI=1S/C14H16FN3O3/c1-3-14(2)12(20)18(13(21)17-14)8-11(19)16-10-6-4-9(15)5-7-10/h4-7H,3,8H2,1-2H3,(H,16,19)(H,17,21)/t14-/m1/s1. The van der Waals surface area contributed by atoms with Crippen LogP contribution in [-0.4, -0.2) is 34.8 Å². The van der Waals surface area contributed by atoms with Crippen molar-refractivity contribution < 1.29 is 18.8 Å². The molecule has 2 N–H and O–H groups in total. The van der Waals surface area contributed by atoms with Crippen LogP contribution in [0.5, 0.6) is 0 Å². The number of halogens is 1. The predicted octanol–water partition coefficient (Wildman–Crippen LogP) is 1.48. The van der Waals surface area contributed by atoms with Crippen molar-refractivity contribution in [2.45, 2.75) is 25.8 Å². The molecule has 0 aliphatic carbocycles. The summed E-state index contributed by atoms with van der Waals surface area (Å²) < 4.78 is 12.8. The Morgan fingerprint density at radius 1 is 1.33 bits per heavy atom. The third-order valence-corrected chi connectivity index (χ3v) is 3.48. The van der Waals surface area contributed by atoms with Gasteiger partial charge in [-0.25, -0.2) is 9.18 Å². The van der Waals surface area contributed by atoms with Gasteiger partial charge in [-0.1, -0.05) is 6.92 Å². The largest absolute Gasteiger partial charge is 0.325 e. The minimum Gasteiger partial charge on any atom is -0.325 e. The first-order chi connectivity index (χ1) is 9.85. The summed E-state index contributed by atoms with van der Waals surface area (Å²) in [6, 6.07) is 4.62. The monoisotopic (exact) mass is 293 g/mol. The molecule has 1 aromatic rings. The van der Waals surface area contributed by atoms with Crippen LogP contribution in [0.15, 0.2) is 24.3 Å². The van der Waals surface area contributed by atoms with Gasteiger partial charge in [-0.05, 0) is 37.6 Å². The predicted molar refractivity (Wildman–Crippen MR) is 74.0 cm³/mol. The van der Waals surface area contributed by atoms with Crippen LogP contribution in [0.3, 0.4) is 0 Å². The van der Waals surface area contributed by atoms with Crippen LogP contribution in [0.1, 0.15) is 20.3 Å². The lowest BCUT2D eigenvalue weighted by atomic mass is 9.99. The number of benzene rings is 1. The number of rotatable bonds is 4. The Labute approximate surface area is 121 Å². The molecule has 6 nitrogen and oxygen atoms in total. The van der Waals surface area contributed by atoms with E-state index in [0.29, 0.717) is 12.1 Å². The number of carbonyl (C=O) groups excluding carboxylic acids is 3. The summed E-state index contributed by atoms with van der Waals surface area (Å²) in [5, 5.41) is 5.07. The van der Waals surface area contributed by atoms with Crippen molar-refractivity contribution in [2.75, 3.05) is 11.9 Å². The van der Waals surface area contributed by atoms with E-state index in [1.165, 1.54) is 24.3 Å². The van der Waals surface area contributed by atoms with Crippen LogP contribution in [0.25, 0.3) is 0 Å². The van der Waals surface area contributed by atoms with Crippen LogP contribution in [0.4, 0.5) is 14.9 Å². The fraction of sp³-hybridized carbons (Fsp3) is 0.357. The molecule has 0 unspecified atom stereocenters. The van der Waals surface area contributed by atoms with Crippen molar-refractivity contribution in [1.29, 1.82) is 0 Å². The van der Waals surface area contributed by atoms with Crippen molar-refractivity contribution >= 4 is 23.5 Å². The molecule has 0 spiro atoms. The Morgan fingerprint density at radius 3 is 2.48 bits per heavy atom. The van der Waals surface area contributed by atoms with E-state index in [9.17, 15) is 18.8 Å². The topological polar surface area (TPSA) is 78.5 Å². The number of amides is 4. The van der Waals surface area contributed by atoms with Gasteiger partial charge in [-0.2, -0.15) is 0 Å². The Balaban J connectivity index is 2.01. The number of urea groups is 1. The molecule has 0 aromatic heterocycles. The minimum atomic E-state index is -0.965. The molecule has 1 heterocycles. The number of carbonyl (C=O) groups is 3. The van der Waals surface area contributed by atoms with E-state index in [2.05, 4.69) is 10.6 Å². The highest BCUT2D eigenvalue weighted by Crippen LogP contribution is 2.20. The third kappa shape index (κ3) is 3.01. The molecule has 112 valence electrons. The molecule has 1 aromatic carbocycles. The highest BCUT2D eigenvalue weighted by Gasteiger charge is 2.46. The maximum absolute atomic E-state index is 12.8. The lowest BCUT2D eigenvalue weighted by molar-refractivity contribution is -0.133. The van der Waals surface area contributed by atoms with E-state index in [4.69, 9.17) is 0 Å². The molecule has 1 saturated heterocycles. The first-order valence-corrected chi connectivity index (χ1v) is 6.55. The van der Waals surface area contributed by atoms with Crippen molar-refractivity contribution in [3.8, 4) is 0 Å². The minimum absolute atomic E-state index is 0.377. The highest BCUT2D eigenvalue weighted by atomic mass is 19.1. The maximum Gasteiger partial charge on any atom is 0.325 e. The van der Waals surface area contributed by atoms with Crippen LogP contribution in [0, 0.1) is 5.82 Å². The molecule has 4 amide bonds. The summed E-state index contributed by atoms with van der Waals surface area (Å²) in [5.41, 5.74) is -0.570. The molecular formula is C14H16FN3O3. The van der Waals surface area contributed by atoms with Crippen molar-refractivity contribution in [3.05, 3.63) is 30.1 Å². The van der Waals surface area contributed by atoms with Gasteiger partial charge in [0.05, 0.1) is 0 Å². The normalized spacial score (nSPS) is 21.4. The first-order valence-electron chi connectivity index (χ1n) is 6.55. The van der Waals surface area contributed by atoms with Crippen molar-refractivity contribution in [1.82, 2.24) is 10.2 Å². The summed E-state index contributed by atoms with van der Waals surface area (Å²) in [6.07, 6.45) is 0.438. The Kier molecular flexibility index (Phi) is 3.93. The number of hydrogen-bond donors (Lipinski definition) is 2. The highest BCUT2D eigenvalue weighted by molar-refractivity contribution is 6.09. The molecule has 7 heteroatoms. The summed E-state index contributed by atoms with van der Waals surface area (Å²) in [6.45, 7) is 3.02. The van der Waals surface area contributed by atoms with E-state index in [1.54, 1.807) is 13.8 Å². The second kappa shape index (κ2) is 5.51. The number of imide groups is 1. The maximum atomic E-state index is 12.8. The van der Waals surface area contributed by atoms with Crippen molar-refractivity contribution in [3.63, 3.8) is 0 Å². The van der Waals surface area contributed by atoms with Gasteiger partial charge >= 0.3 is 6.03 Å². The van der Waals surface area contributed by atoms with Crippen LogP contribution < -0.4 is 10.6 Å². The molecule has 1 atom stereocenters. The average molecular weight is 293 g/mol. The number of anilines is 1. The van der Waals surface area contributed by atoms with E-state index >= 15 is 0 Å². The Bertz CT molecular complexity index is 588.